The van der Waals surface area contributed by atoms with Gasteiger partial charge in [0.25, 0.3) is 0 Å². The van der Waals surface area contributed by atoms with Gasteiger partial charge in [0.1, 0.15) is 18.1 Å². The molecule has 0 aliphatic carbocycles. The fraction of sp³-hybridized carbons (Fsp3) is 0.214. The summed E-state index contributed by atoms with van der Waals surface area (Å²) in [6, 6.07) is 6.05. The lowest BCUT2D eigenvalue weighted by Crippen LogP contribution is -2.01. The first-order valence-corrected chi connectivity index (χ1v) is 8.17. The SMILES string of the molecule is Cn1c(SCn2cc([N+](=O)[O-])cn2)nnc1-c1ccc(OC(F)F)cc1. The summed E-state index contributed by atoms with van der Waals surface area (Å²) in [6.45, 7) is -2.88. The molecule has 136 valence electrons. The summed E-state index contributed by atoms with van der Waals surface area (Å²) in [5, 5.41) is 23.3. The quantitative estimate of drug-likeness (QED) is 0.352. The molecule has 0 bridgehead atoms. The van der Waals surface area contributed by atoms with E-state index in [1.165, 1.54) is 41.0 Å². The number of hydrogen-bond donors (Lipinski definition) is 0. The van der Waals surface area contributed by atoms with Gasteiger partial charge in [-0.15, -0.1) is 10.2 Å². The Kier molecular flexibility index (Phi) is 5.11. The van der Waals surface area contributed by atoms with Crippen molar-refractivity contribution in [1.29, 1.82) is 0 Å². The molecule has 1 aromatic carbocycles. The van der Waals surface area contributed by atoms with Gasteiger partial charge in [-0.25, -0.2) is 0 Å². The summed E-state index contributed by atoms with van der Waals surface area (Å²) in [5.74, 6) is 0.921. The summed E-state index contributed by atoms with van der Waals surface area (Å²) < 4.78 is 31.8. The molecule has 3 rings (SSSR count). The second kappa shape index (κ2) is 7.47. The zero-order valence-corrected chi connectivity index (χ0v) is 14.1. The molecule has 12 heteroatoms. The number of halogens is 2. The highest BCUT2D eigenvalue weighted by Crippen LogP contribution is 2.26. The molecule has 0 aliphatic heterocycles. The Bertz CT molecular complexity index is 912. The number of aromatic nitrogens is 5. The minimum atomic E-state index is -2.88. The molecule has 0 atom stereocenters. The lowest BCUT2D eigenvalue weighted by atomic mass is 10.2. The second-order valence-corrected chi connectivity index (χ2v) is 5.95. The van der Waals surface area contributed by atoms with Crippen molar-refractivity contribution in [1.82, 2.24) is 24.5 Å². The summed E-state index contributed by atoms with van der Waals surface area (Å²) in [6.07, 6.45) is 2.50. The Morgan fingerprint density at radius 3 is 2.65 bits per heavy atom. The van der Waals surface area contributed by atoms with Crippen LogP contribution in [0.2, 0.25) is 0 Å². The van der Waals surface area contributed by atoms with Gasteiger partial charge in [-0.2, -0.15) is 13.9 Å². The van der Waals surface area contributed by atoms with Crippen LogP contribution in [0.25, 0.3) is 11.4 Å². The van der Waals surface area contributed by atoms with Crippen LogP contribution in [-0.2, 0) is 12.9 Å². The largest absolute Gasteiger partial charge is 0.435 e. The van der Waals surface area contributed by atoms with Crippen molar-refractivity contribution >= 4 is 17.4 Å². The van der Waals surface area contributed by atoms with Gasteiger partial charge in [0.15, 0.2) is 11.0 Å². The minimum Gasteiger partial charge on any atom is -0.435 e. The van der Waals surface area contributed by atoms with Crippen LogP contribution < -0.4 is 4.74 Å². The van der Waals surface area contributed by atoms with Crippen LogP contribution >= 0.6 is 11.8 Å². The summed E-state index contributed by atoms with van der Waals surface area (Å²) in [4.78, 5) is 10.1. The van der Waals surface area contributed by atoms with Crippen molar-refractivity contribution in [2.75, 3.05) is 0 Å². The van der Waals surface area contributed by atoms with Crippen molar-refractivity contribution in [3.63, 3.8) is 0 Å². The van der Waals surface area contributed by atoms with E-state index in [0.29, 0.717) is 22.4 Å². The van der Waals surface area contributed by atoms with Gasteiger partial charge in [0.05, 0.1) is 10.8 Å². The molecular weight excluding hydrogens is 370 g/mol. The number of nitro groups is 1. The van der Waals surface area contributed by atoms with Crippen molar-refractivity contribution < 1.29 is 18.4 Å². The molecule has 0 N–H and O–H groups in total. The molecule has 2 heterocycles. The molecule has 0 aliphatic rings. The predicted octanol–water partition coefficient (Wildman–Crippen LogP) is 2.94. The molecule has 0 amide bonds. The molecule has 0 saturated heterocycles. The Hall–Kier alpha value is -3.02. The Morgan fingerprint density at radius 2 is 2.04 bits per heavy atom. The first-order valence-electron chi connectivity index (χ1n) is 7.18. The van der Waals surface area contributed by atoms with E-state index in [9.17, 15) is 18.9 Å². The fourth-order valence-electron chi connectivity index (χ4n) is 2.12. The van der Waals surface area contributed by atoms with E-state index in [0.717, 1.165) is 0 Å². The Balaban J connectivity index is 1.70. The standard InChI is InChI=1S/C14H12F2N6O3S/c1-20-12(9-2-4-11(5-3-9)25-13(15)16)18-19-14(20)26-8-21-7-10(6-17-21)22(23)24/h2-7,13H,8H2,1H3. The number of alkyl halides is 2. The number of hydrogen-bond acceptors (Lipinski definition) is 7. The van der Waals surface area contributed by atoms with Gasteiger partial charge in [0.2, 0.25) is 0 Å². The number of nitrogens with zero attached hydrogens (tertiary/aromatic N) is 6. The average Bonchev–Trinajstić information content (AvgIpc) is 3.20. The first kappa shape index (κ1) is 17.8. The van der Waals surface area contributed by atoms with E-state index in [4.69, 9.17) is 0 Å². The monoisotopic (exact) mass is 382 g/mol. The smallest absolute Gasteiger partial charge is 0.387 e. The second-order valence-electron chi connectivity index (χ2n) is 5.04. The zero-order valence-electron chi connectivity index (χ0n) is 13.3. The number of thioether (sulfide) groups is 1. The highest BCUT2D eigenvalue weighted by Gasteiger charge is 2.14. The summed E-state index contributed by atoms with van der Waals surface area (Å²) >= 11 is 1.30. The van der Waals surface area contributed by atoms with E-state index in [2.05, 4.69) is 20.0 Å². The molecule has 9 nitrogen and oxygen atoms in total. The number of ether oxygens (including phenoxy) is 1. The summed E-state index contributed by atoms with van der Waals surface area (Å²) in [7, 11) is 1.76. The van der Waals surface area contributed by atoms with E-state index < -0.39 is 11.5 Å². The Labute approximate surface area is 149 Å². The molecule has 0 fully saturated rings. The van der Waals surface area contributed by atoms with Crippen LogP contribution in [-0.4, -0.2) is 36.1 Å². The van der Waals surface area contributed by atoms with Crippen LogP contribution in [0.4, 0.5) is 14.5 Å². The van der Waals surface area contributed by atoms with Crippen LogP contribution in [0.3, 0.4) is 0 Å². The third kappa shape index (κ3) is 3.96. The molecule has 0 unspecified atom stereocenters. The van der Waals surface area contributed by atoms with Gasteiger partial charge < -0.3 is 9.30 Å². The normalized spacial score (nSPS) is 11.1. The van der Waals surface area contributed by atoms with Gasteiger partial charge in [0, 0.05) is 12.6 Å². The molecular formula is C14H12F2N6O3S. The lowest BCUT2D eigenvalue weighted by Gasteiger charge is -2.06. The van der Waals surface area contributed by atoms with Crippen LogP contribution in [0.5, 0.6) is 5.75 Å². The third-order valence-corrected chi connectivity index (χ3v) is 4.34. The molecule has 0 saturated carbocycles. The van der Waals surface area contributed by atoms with Crippen LogP contribution in [0, 0.1) is 10.1 Å². The van der Waals surface area contributed by atoms with Gasteiger partial charge >= 0.3 is 12.3 Å². The third-order valence-electron chi connectivity index (χ3n) is 3.33. The fourth-order valence-corrected chi connectivity index (χ4v) is 2.89. The van der Waals surface area contributed by atoms with Crippen molar-refractivity contribution in [2.45, 2.75) is 17.6 Å². The predicted molar refractivity (Wildman–Crippen MR) is 87.8 cm³/mol. The van der Waals surface area contributed by atoms with Crippen LogP contribution in [0.1, 0.15) is 0 Å². The topological polar surface area (TPSA) is 101 Å². The van der Waals surface area contributed by atoms with Crippen molar-refractivity contribution in [2.24, 2.45) is 7.05 Å². The highest BCUT2D eigenvalue weighted by molar-refractivity contribution is 7.98. The minimum absolute atomic E-state index is 0.0563. The zero-order chi connectivity index (χ0) is 18.7. The molecule has 2 aromatic heterocycles. The van der Waals surface area contributed by atoms with Crippen LogP contribution in [0.15, 0.2) is 41.8 Å². The van der Waals surface area contributed by atoms with Gasteiger partial charge in [-0.3, -0.25) is 14.8 Å². The number of benzene rings is 1. The van der Waals surface area contributed by atoms with E-state index in [1.54, 1.807) is 23.7 Å². The first-order chi connectivity index (χ1) is 12.4. The molecule has 26 heavy (non-hydrogen) atoms. The van der Waals surface area contributed by atoms with E-state index in [-0.39, 0.29) is 11.4 Å². The summed E-state index contributed by atoms with van der Waals surface area (Å²) in [5.41, 5.74) is 0.596. The van der Waals surface area contributed by atoms with E-state index >= 15 is 0 Å². The maximum Gasteiger partial charge on any atom is 0.387 e. The van der Waals surface area contributed by atoms with Crippen molar-refractivity contribution in [3.05, 3.63) is 46.8 Å². The maximum absolute atomic E-state index is 12.2. The molecule has 0 spiro atoms. The molecule has 3 aromatic rings. The lowest BCUT2D eigenvalue weighted by molar-refractivity contribution is -0.385. The highest BCUT2D eigenvalue weighted by atomic mass is 32.2. The molecule has 0 radical (unpaired) electrons. The number of rotatable bonds is 7. The van der Waals surface area contributed by atoms with Gasteiger partial charge in [-0.05, 0) is 24.3 Å². The van der Waals surface area contributed by atoms with E-state index in [1.807, 2.05) is 0 Å². The van der Waals surface area contributed by atoms with Gasteiger partial charge in [-0.1, -0.05) is 11.8 Å². The maximum atomic E-state index is 12.2. The average molecular weight is 382 g/mol. The Morgan fingerprint density at radius 1 is 1.31 bits per heavy atom. The van der Waals surface area contributed by atoms with Crippen molar-refractivity contribution in [3.8, 4) is 17.1 Å².